The first kappa shape index (κ1) is 15.4. The molecular weight excluding hydrogens is 347 g/mol. The highest BCUT2D eigenvalue weighted by atomic mass is 79.9. The van der Waals surface area contributed by atoms with Crippen molar-refractivity contribution < 1.29 is 9.13 Å². The second-order valence-corrected chi connectivity index (χ2v) is 6.54. The van der Waals surface area contributed by atoms with Crippen molar-refractivity contribution in [3.63, 3.8) is 0 Å². The molecule has 116 valence electrons. The van der Waals surface area contributed by atoms with Crippen LogP contribution in [0.25, 0.3) is 0 Å². The van der Waals surface area contributed by atoms with Gasteiger partial charge in [-0.25, -0.2) is 9.37 Å². The van der Waals surface area contributed by atoms with Gasteiger partial charge in [0.05, 0.1) is 6.10 Å². The SMILES string of the molecule is Cc1cc(N2CC(C)OC(c3ccc(F)cc3)C2)ncc1Br. The Hall–Kier alpha value is -1.46. The second kappa shape index (κ2) is 6.34. The van der Waals surface area contributed by atoms with Crippen LogP contribution in [0.4, 0.5) is 10.2 Å². The van der Waals surface area contributed by atoms with Gasteiger partial charge in [0.15, 0.2) is 0 Å². The molecule has 0 radical (unpaired) electrons. The Morgan fingerprint density at radius 1 is 1.27 bits per heavy atom. The number of nitrogens with zero attached hydrogens (tertiary/aromatic N) is 2. The smallest absolute Gasteiger partial charge is 0.129 e. The number of hydrogen-bond donors (Lipinski definition) is 0. The fourth-order valence-corrected chi connectivity index (χ4v) is 2.91. The summed E-state index contributed by atoms with van der Waals surface area (Å²) < 4.78 is 20.1. The number of rotatable bonds is 2. The van der Waals surface area contributed by atoms with E-state index in [0.717, 1.165) is 28.0 Å². The molecule has 1 aliphatic rings. The van der Waals surface area contributed by atoms with Gasteiger partial charge in [0.2, 0.25) is 0 Å². The molecule has 0 saturated carbocycles. The number of halogens is 2. The highest BCUT2D eigenvalue weighted by molar-refractivity contribution is 9.10. The van der Waals surface area contributed by atoms with Crippen molar-refractivity contribution in [2.75, 3.05) is 18.0 Å². The van der Waals surface area contributed by atoms with E-state index in [1.165, 1.54) is 12.1 Å². The molecular formula is C17H18BrFN2O. The van der Waals surface area contributed by atoms with Gasteiger partial charge in [-0.3, -0.25) is 0 Å². The average molecular weight is 365 g/mol. The van der Waals surface area contributed by atoms with Crippen LogP contribution in [0.3, 0.4) is 0 Å². The summed E-state index contributed by atoms with van der Waals surface area (Å²) in [4.78, 5) is 6.73. The molecule has 1 aliphatic heterocycles. The van der Waals surface area contributed by atoms with Gasteiger partial charge in [-0.2, -0.15) is 0 Å². The second-order valence-electron chi connectivity index (χ2n) is 5.68. The minimum atomic E-state index is -0.227. The van der Waals surface area contributed by atoms with Crippen molar-refractivity contribution in [3.05, 3.63) is 57.9 Å². The summed E-state index contributed by atoms with van der Waals surface area (Å²) in [6.07, 6.45) is 1.85. The summed E-state index contributed by atoms with van der Waals surface area (Å²) in [6.45, 7) is 5.61. The number of anilines is 1. The number of ether oxygens (including phenoxy) is 1. The first-order valence-electron chi connectivity index (χ1n) is 7.31. The number of pyridine rings is 1. The fraction of sp³-hybridized carbons (Fsp3) is 0.353. The van der Waals surface area contributed by atoms with Crippen molar-refractivity contribution in [1.82, 2.24) is 4.98 Å². The molecule has 2 heterocycles. The lowest BCUT2D eigenvalue weighted by molar-refractivity contribution is -0.0176. The lowest BCUT2D eigenvalue weighted by atomic mass is 10.1. The van der Waals surface area contributed by atoms with Gasteiger partial charge in [-0.05, 0) is 59.1 Å². The van der Waals surface area contributed by atoms with Crippen molar-refractivity contribution in [1.29, 1.82) is 0 Å². The van der Waals surface area contributed by atoms with Crippen LogP contribution in [0.1, 0.15) is 24.2 Å². The molecule has 1 saturated heterocycles. The highest BCUT2D eigenvalue weighted by Crippen LogP contribution is 2.29. The Morgan fingerprint density at radius 2 is 2.00 bits per heavy atom. The molecule has 2 aromatic rings. The Kier molecular flexibility index (Phi) is 4.45. The summed E-state index contributed by atoms with van der Waals surface area (Å²) in [5, 5.41) is 0. The zero-order valence-electron chi connectivity index (χ0n) is 12.6. The molecule has 3 rings (SSSR count). The molecule has 0 spiro atoms. The summed E-state index contributed by atoms with van der Waals surface area (Å²) in [5.41, 5.74) is 2.15. The lowest BCUT2D eigenvalue weighted by Gasteiger charge is -2.37. The standard InChI is InChI=1S/C17H18BrFN2O/c1-11-7-17(20-8-15(11)18)21-9-12(2)22-16(10-21)13-3-5-14(19)6-4-13/h3-8,12,16H,9-10H2,1-2H3. The first-order valence-corrected chi connectivity index (χ1v) is 8.10. The van der Waals surface area contributed by atoms with Crippen molar-refractivity contribution in [2.24, 2.45) is 0 Å². The normalized spacial score (nSPS) is 21.9. The van der Waals surface area contributed by atoms with Crippen LogP contribution < -0.4 is 4.90 Å². The molecule has 2 atom stereocenters. The zero-order chi connectivity index (χ0) is 15.7. The number of aryl methyl sites for hydroxylation is 1. The van der Waals surface area contributed by atoms with Gasteiger partial charge in [0.1, 0.15) is 17.7 Å². The maximum absolute atomic E-state index is 13.1. The van der Waals surface area contributed by atoms with Crippen LogP contribution in [0.5, 0.6) is 0 Å². The maximum atomic E-state index is 13.1. The summed E-state index contributed by atoms with van der Waals surface area (Å²) in [6, 6.07) is 8.60. The molecule has 3 nitrogen and oxygen atoms in total. The zero-order valence-corrected chi connectivity index (χ0v) is 14.2. The Labute approximate surface area is 138 Å². The van der Waals surface area contributed by atoms with E-state index in [2.05, 4.69) is 38.8 Å². The first-order chi connectivity index (χ1) is 10.5. The number of benzene rings is 1. The van der Waals surface area contributed by atoms with Gasteiger partial charge in [0.25, 0.3) is 0 Å². The van der Waals surface area contributed by atoms with Gasteiger partial charge in [-0.15, -0.1) is 0 Å². The predicted octanol–water partition coefficient (Wildman–Crippen LogP) is 4.26. The molecule has 1 fully saturated rings. The van der Waals surface area contributed by atoms with Crippen LogP contribution in [-0.2, 0) is 4.74 Å². The number of aromatic nitrogens is 1. The van der Waals surface area contributed by atoms with Gasteiger partial charge >= 0.3 is 0 Å². The minimum Gasteiger partial charge on any atom is -0.367 e. The van der Waals surface area contributed by atoms with Gasteiger partial charge in [0, 0.05) is 23.8 Å². The predicted molar refractivity (Wildman–Crippen MR) is 88.6 cm³/mol. The van der Waals surface area contributed by atoms with E-state index in [1.807, 2.05) is 13.1 Å². The topological polar surface area (TPSA) is 25.4 Å². The monoisotopic (exact) mass is 364 g/mol. The molecule has 0 aliphatic carbocycles. The summed E-state index contributed by atoms with van der Waals surface area (Å²) >= 11 is 3.48. The van der Waals surface area contributed by atoms with Gasteiger partial charge < -0.3 is 9.64 Å². The van der Waals surface area contributed by atoms with Gasteiger partial charge in [-0.1, -0.05) is 12.1 Å². The third-order valence-corrected chi connectivity index (χ3v) is 4.69. The molecule has 1 aromatic carbocycles. The Balaban J connectivity index is 1.84. The lowest BCUT2D eigenvalue weighted by Crippen LogP contribution is -2.43. The molecule has 5 heteroatoms. The van der Waals surface area contributed by atoms with Crippen LogP contribution in [0.2, 0.25) is 0 Å². The van der Waals surface area contributed by atoms with E-state index in [0.29, 0.717) is 6.54 Å². The largest absolute Gasteiger partial charge is 0.367 e. The van der Waals surface area contributed by atoms with E-state index in [-0.39, 0.29) is 18.0 Å². The molecule has 1 aromatic heterocycles. The molecule has 2 unspecified atom stereocenters. The third-order valence-electron chi connectivity index (χ3n) is 3.86. The third kappa shape index (κ3) is 3.31. The van der Waals surface area contributed by atoms with Crippen LogP contribution >= 0.6 is 15.9 Å². The van der Waals surface area contributed by atoms with E-state index < -0.39 is 0 Å². The number of hydrogen-bond acceptors (Lipinski definition) is 3. The Bertz CT molecular complexity index is 662. The van der Waals surface area contributed by atoms with E-state index in [4.69, 9.17) is 4.74 Å². The number of morpholine rings is 1. The quantitative estimate of drug-likeness (QED) is 0.795. The van der Waals surface area contributed by atoms with Crippen molar-refractivity contribution in [3.8, 4) is 0 Å². The summed E-state index contributed by atoms with van der Waals surface area (Å²) in [5.74, 6) is 0.720. The van der Waals surface area contributed by atoms with E-state index in [1.54, 1.807) is 12.1 Å². The van der Waals surface area contributed by atoms with Crippen molar-refractivity contribution >= 4 is 21.7 Å². The van der Waals surface area contributed by atoms with Crippen LogP contribution in [-0.4, -0.2) is 24.2 Å². The van der Waals surface area contributed by atoms with Crippen LogP contribution in [0.15, 0.2) is 41.0 Å². The molecule has 22 heavy (non-hydrogen) atoms. The Morgan fingerprint density at radius 3 is 2.68 bits per heavy atom. The van der Waals surface area contributed by atoms with Crippen LogP contribution in [0, 0.1) is 12.7 Å². The van der Waals surface area contributed by atoms with Crippen molar-refractivity contribution in [2.45, 2.75) is 26.1 Å². The molecule has 0 bridgehead atoms. The molecule has 0 amide bonds. The highest BCUT2D eigenvalue weighted by Gasteiger charge is 2.27. The maximum Gasteiger partial charge on any atom is 0.129 e. The fourth-order valence-electron chi connectivity index (χ4n) is 2.70. The minimum absolute atomic E-state index is 0.0740. The molecule has 0 N–H and O–H groups in total. The summed E-state index contributed by atoms with van der Waals surface area (Å²) in [7, 11) is 0. The van der Waals surface area contributed by atoms with E-state index >= 15 is 0 Å². The van der Waals surface area contributed by atoms with E-state index in [9.17, 15) is 4.39 Å². The average Bonchev–Trinajstić information content (AvgIpc) is 2.50.